The van der Waals surface area contributed by atoms with E-state index in [0.29, 0.717) is 16.9 Å². The van der Waals surface area contributed by atoms with Crippen molar-refractivity contribution in [2.75, 3.05) is 0 Å². The van der Waals surface area contributed by atoms with Gasteiger partial charge >= 0.3 is 0 Å². The highest BCUT2D eigenvalue weighted by Gasteiger charge is 2.23. The number of hydrogen-bond donors (Lipinski definition) is 0. The van der Waals surface area contributed by atoms with Gasteiger partial charge in [-0.3, -0.25) is 9.36 Å². The number of aromatic nitrogens is 4. The number of fused-ring (bicyclic) bond motifs is 1. The number of aryl methyl sites for hydroxylation is 1. The highest BCUT2D eigenvalue weighted by Crippen LogP contribution is 2.16. The lowest BCUT2D eigenvalue weighted by molar-refractivity contribution is 0.338. The number of nitrogens with zero attached hydrogens (tertiary/aromatic N) is 4. The molecular formula is C11H17BN4O. The Kier molecular flexibility index (Phi) is 2.60. The summed E-state index contributed by atoms with van der Waals surface area (Å²) in [6.45, 7) is 6.16. The molecule has 5 nitrogen and oxygen atoms in total. The Morgan fingerprint density at radius 3 is 2.71 bits per heavy atom. The van der Waals surface area contributed by atoms with Crippen LogP contribution in [0.15, 0.2) is 11.1 Å². The second kappa shape index (κ2) is 3.72. The zero-order valence-electron chi connectivity index (χ0n) is 11.0. The normalized spacial score (nSPS) is 12.2. The Morgan fingerprint density at radius 1 is 1.47 bits per heavy atom. The molecule has 6 heteroatoms. The quantitative estimate of drug-likeness (QED) is 0.658. The van der Waals surface area contributed by atoms with Crippen molar-refractivity contribution in [3.8, 4) is 0 Å². The van der Waals surface area contributed by atoms with Gasteiger partial charge in [0.1, 0.15) is 0 Å². The van der Waals surface area contributed by atoms with Crippen LogP contribution in [0.25, 0.3) is 11.2 Å². The molecule has 2 aromatic rings. The van der Waals surface area contributed by atoms with Crippen LogP contribution in [0.3, 0.4) is 0 Å². The summed E-state index contributed by atoms with van der Waals surface area (Å²) in [4.78, 5) is 21.0. The topological polar surface area (TPSA) is 52.7 Å². The third-order valence-electron chi connectivity index (χ3n) is 3.39. The van der Waals surface area contributed by atoms with E-state index in [0.717, 1.165) is 6.42 Å². The molecule has 90 valence electrons. The molecule has 0 aliphatic heterocycles. The van der Waals surface area contributed by atoms with Gasteiger partial charge in [-0.15, -0.1) is 0 Å². The van der Waals surface area contributed by atoms with Crippen LogP contribution in [0.2, 0.25) is 0 Å². The summed E-state index contributed by atoms with van der Waals surface area (Å²) in [5.41, 5.74) is 1.56. The van der Waals surface area contributed by atoms with E-state index < -0.39 is 0 Å². The Hall–Kier alpha value is -1.59. The first-order valence-electron chi connectivity index (χ1n) is 5.79. The van der Waals surface area contributed by atoms with Crippen molar-refractivity contribution in [3.05, 3.63) is 16.7 Å². The first kappa shape index (κ1) is 11.9. The molecule has 2 aromatic heterocycles. The van der Waals surface area contributed by atoms with Gasteiger partial charge in [0.05, 0.1) is 12.1 Å². The third kappa shape index (κ3) is 1.68. The van der Waals surface area contributed by atoms with Crippen molar-refractivity contribution < 1.29 is 0 Å². The Bertz CT molecular complexity index is 626. The van der Waals surface area contributed by atoms with E-state index in [-0.39, 0.29) is 11.1 Å². The molecule has 0 radical (unpaired) electrons. The van der Waals surface area contributed by atoms with Gasteiger partial charge < -0.3 is 4.57 Å². The van der Waals surface area contributed by atoms with Gasteiger partial charge in [-0.2, -0.15) is 0 Å². The highest BCUT2D eigenvalue weighted by molar-refractivity contribution is 6.29. The van der Waals surface area contributed by atoms with Crippen molar-refractivity contribution >= 4 is 24.7 Å². The molecular weight excluding hydrogens is 215 g/mol. The molecule has 17 heavy (non-hydrogen) atoms. The molecule has 0 saturated heterocycles. The standard InChI is InChI=1S/C11H17BN4O/c1-5-11(2,3)16-9(17)7-8(14-10(16)12)13-6-15(7)4/h6H,5,12H2,1-4H3. The fraction of sp³-hybridized carbons (Fsp3) is 0.545. The van der Waals surface area contributed by atoms with Crippen LogP contribution in [-0.2, 0) is 12.6 Å². The predicted octanol–water partition coefficient (Wildman–Crippen LogP) is -0.467. The summed E-state index contributed by atoms with van der Waals surface area (Å²) >= 11 is 0. The van der Waals surface area contributed by atoms with Crippen molar-refractivity contribution in [2.24, 2.45) is 7.05 Å². The minimum absolute atomic E-state index is 0.0145. The summed E-state index contributed by atoms with van der Waals surface area (Å²) in [5.74, 6) is 0. The Labute approximate surface area is 101 Å². The zero-order valence-corrected chi connectivity index (χ0v) is 11.0. The maximum Gasteiger partial charge on any atom is 0.279 e. The second-order valence-electron chi connectivity index (χ2n) is 4.99. The van der Waals surface area contributed by atoms with E-state index in [1.165, 1.54) is 0 Å². The van der Waals surface area contributed by atoms with Gasteiger partial charge in [0, 0.05) is 12.6 Å². The lowest BCUT2D eigenvalue weighted by atomic mass is 9.98. The van der Waals surface area contributed by atoms with Gasteiger partial charge in [-0.1, -0.05) is 6.92 Å². The summed E-state index contributed by atoms with van der Waals surface area (Å²) in [7, 11) is 3.67. The van der Waals surface area contributed by atoms with Crippen LogP contribution >= 0.6 is 0 Å². The molecule has 0 bridgehead atoms. The maximum atomic E-state index is 12.5. The van der Waals surface area contributed by atoms with Gasteiger partial charge in [-0.25, -0.2) is 9.97 Å². The zero-order chi connectivity index (χ0) is 12.8. The molecule has 0 N–H and O–H groups in total. The van der Waals surface area contributed by atoms with Crippen molar-refractivity contribution in [1.82, 2.24) is 19.1 Å². The summed E-state index contributed by atoms with van der Waals surface area (Å²) < 4.78 is 3.49. The minimum atomic E-state index is -0.230. The van der Waals surface area contributed by atoms with Gasteiger partial charge in [-0.05, 0) is 20.3 Å². The SMILES string of the molecule is Bc1nc2ncn(C)c2c(=O)n1C(C)(C)CC. The predicted molar refractivity (Wildman–Crippen MR) is 70.6 cm³/mol. The third-order valence-corrected chi connectivity index (χ3v) is 3.39. The van der Waals surface area contributed by atoms with Crippen molar-refractivity contribution in [2.45, 2.75) is 32.7 Å². The smallest absolute Gasteiger partial charge is 0.279 e. The van der Waals surface area contributed by atoms with Crippen LogP contribution in [0.1, 0.15) is 27.2 Å². The van der Waals surface area contributed by atoms with E-state index in [2.05, 4.69) is 16.9 Å². The van der Waals surface area contributed by atoms with Gasteiger partial charge in [0.15, 0.2) is 19.0 Å². The van der Waals surface area contributed by atoms with E-state index in [4.69, 9.17) is 0 Å². The average molecular weight is 232 g/mol. The summed E-state index contributed by atoms with van der Waals surface area (Å²) in [6, 6.07) is 0. The molecule has 0 spiro atoms. The Balaban J connectivity index is 2.89. The lowest BCUT2D eigenvalue weighted by Gasteiger charge is -2.27. The fourth-order valence-corrected chi connectivity index (χ4v) is 2.07. The Morgan fingerprint density at radius 2 is 2.12 bits per heavy atom. The molecule has 0 aliphatic rings. The van der Waals surface area contributed by atoms with E-state index in [1.807, 2.05) is 28.7 Å². The first-order valence-corrected chi connectivity index (χ1v) is 5.79. The van der Waals surface area contributed by atoms with Crippen LogP contribution in [0.5, 0.6) is 0 Å². The van der Waals surface area contributed by atoms with Crippen molar-refractivity contribution in [1.29, 1.82) is 0 Å². The first-order chi connectivity index (χ1) is 7.88. The molecule has 0 atom stereocenters. The fourth-order valence-electron chi connectivity index (χ4n) is 2.07. The largest absolute Gasteiger partial charge is 0.328 e. The molecule has 0 amide bonds. The number of rotatable bonds is 2. The molecule has 2 heterocycles. The highest BCUT2D eigenvalue weighted by atomic mass is 16.1. The van der Waals surface area contributed by atoms with Crippen LogP contribution in [0, 0.1) is 0 Å². The maximum absolute atomic E-state index is 12.5. The second-order valence-corrected chi connectivity index (χ2v) is 4.99. The van der Waals surface area contributed by atoms with E-state index in [1.54, 1.807) is 15.5 Å². The molecule has 0 aliphatic carbocycles. The molecule has 2 rings (SSSR count). The van der Waals surface area contributed by atoms with E-state index in [9.17, 15) is 4.79 Å². The molecule has 0 aromatic carbocycles. The van der Waals surface area contributed by atoms with Gasteiger partial charge in [0.2, 0.25) is 0 Å². The number of hydrogen-bond acceptors (Lipinski definition) is 3. The summed E-state index contributed by atoms with van der Waals surface area (Å²) in [5, 5.41) is 0. The number of imidazole rings is 1. The van der Waals surface area contributed by atoms with Crippen molar-refractivity contribution in [3.63, 3.8) is 0 Å². The summed E-state index contributed by atoms with van der Waals surface area (Å²) in [6.07, 6.45) is 2.50. The molecule has 0 unspecified atom stereocenters. The minimum Gasteiger partial charge on any atom is -0.328 e. The average Bonchev–Trinajstić information content (AvgIpc) is 2.59. The van der Waals surface area contributed by atoms with Crippen LogP contribution in [-0.4, -0.2) is 26.9 Å². The van der Waals surface area contributed by atoms with Gasteiger partial charge in [0.25, 0.3) is 5.56 Å². The van der Waals surface area contributed by atoms with Crippen LogP contribution < -0.4 is 11.3 Å². The molecule has 0 saturated carbocycles. The van der Waals surface area contributed by atoms with Crippen LogP contribution in [0.4, 0.5) is 0 Å². The monoisotopic (exact) mass is 232 g/mol. The molecule has 0 fully saturated rings. The lowest BCUT2D eigenvalue weighted by Crippen LogP contribution is -2.46. The van der Waals surface area contributed by atoms with E-state index >= 15 is 0 Å².